The van der Waals surface area contributed by atoms with Gasteiger partial charge >= 0.3 is 6.18 Å². The standard InChI is InChI=1S/C20H17F3N4O/c21-20(22,23)15-7-4-8-16(11-15)27-18-12-17(25-13-26-18)19(28)24-10-9-14-5-2-1-3-6-14/h1-8,11-13H,9-10H2,(H,24,28)(H,25,26,27). The van der Waals surface area contributed by atoms with Gasteiger partial charge in [0.15, 0.2) is 0 Å². The number of anilines is 2. The van der Waals surface area contributed by atoms with Crippen molar-refractivity contribution in [1.29, 1.82) is 0 Å². The summed E-state index contributed by atoms with van der Waals surface area (Å²) in [5, 5.41) is 5.52. The third-order valence-corrected chi connectivity index (χ3v) is 3.90. The summed E-state index contributed by atoms with van der Waals surface area (Å²) in [7, 11) is 0. The maximum Gasteiger partial charge on any atom is 0.416 e. The first-order valence-electron chi connectivity index (χ1n) is 8.50. The van der Waals surface area contributed by atoms with E-state index in [9.17, 15) is 18.0 Å². The number of carbonyl (C=O) groups is 1. The van der Waals surface area contributed by atoms with Crippen molar-refractivity contribution in [2.45, 2.75) is 12.6 Å². The van der Waals surface area contributed by atoms with E-state index in [2.05, 4.69) is 20.6 Å². The molecule has 0 aliphatic rings. The molecule has 0 radical (unpaired) electrons. The Balaban J connectivity index is 1.63. The molecule has 28 heavy (non-hydrogen) atoms. The molecule has 0 saturated heterocycles. The summed E-state index contributed by atoms with van der Waals surface area (Å²) < 4.78 is 38.4. The normalized spacial score (nSPS) is 11.1. The Kier molecular flexibility index (Phi) is 5.88. The van der Waals surface area contributed by atoms with Crippen LogP contribution in [0.25, 0.3) is 0 Å². The van der Waals surface area contributed by atoms with Crippen molar-refractivity contribution < 1.29 is 18.0 Å². The van der Waals surface area contributed by atoms with Crippen molar-refractivity contribution in [3.8, 4) is 0 Å². The molecule has 0 unspecified atom stereocenters. The monoisotopic (exact) mass is 386 g/mol. The zero-order valence-electron chi connectivity index (χ0n) is 14.7. The lowest BCUT2D eigenvalue weighted by Crippen LogP contribution is -2.26. The maximum atomic E-state index is 12.8. The highest BCUT2D eigenvalue weighted by Gasteiger charge is 2.30. The third-order valence-electron chi connectivity index (χ3n) is 3.90. The predicted octanol–water partition coefficient (Wildman–Crippen LogP) is 4.21. The van der Waals surface area contributed by atoms with Crippen LogP contribution in [0.3, 0.4) is 0 Å². The summed E-state index contributed by atoms with van der Waals surface area (Å²) in [5.41, 5.74) is 0.657. The molecule has 8 heteroatoms. The Morgan fingerprint density at radius 2 is 1.75 bits per heavy atom. The Morgan fingerprint density at radius 3 is 2.50 bits per heavy atom. The largest absolute Gasteiger partial charge is 0.416 e. The fourth-order valence-electron chi connectivity index (χ4n) is 2.53. The molecule has 2 aromatic carbocycles. The van der Waals surface area contributed by atoms with Gasteiger partial charge in [0.05, 0.1) is 5.56 Å². The third kappa shape index (κ3) is 5.29. The molecule has 144 valence electrons. The molecule has 0 atom stereocenters. The minimum absolute atomic E-state index is 0.123. The van der Waals surface area contributed by atoms with E-state index in [1.54, 1.807) is 0 Å². The minimum Gasteiger partial charge on any atom is -0.350 e. The Morgan fingerprint density at radius 1 is 0.964 bits per heavy atom. The van der Waals surface area contributed by atoms with Crippen LogP contribution in [0.1, 0.15) is 21.6 Å². The fraction of sp³-hybridized carbons (Fsp3) is 0.150. The van der Waals surface area contributed by atoms with E-state index in [0.717, 1.165) is 17.7 Å². The van der Waals surface area contributed by atoms with Gasteiger partial charge in [-0.15, -0.1) is 0 Å². The number of alkyl halides is 3. The zero-order chi connectivity index (χ0) is 20.0. The Labute approximate surface area is 159 Å². The van der Waals surface area contributed by atoms with Crippen molar-refractivity contribution in [2.24, 2.45) is 0 Å². The second-order valence-electron chi connectivity index (χ2n) is 5.98. The van der Waals surface area contributed by atoms with Crippen LogP contribution in [0.2, 0.25) is 0 Å². The highest BCUT2D eigenvalue weighted by molar-refractivity contribution is 5.92. The summed E-state index contributed by atoms with van der Waals surface area (Å²) in [6, 6.07) is 15.8. The summed E-state index contributed by atoms with van der Waals surface area (Å²) in [6.45, 7) is 0.434. The average Bonchev–Trinajstić information content (AvgIpc) is 2.68. The van der Waals surface area contributed by atoms with Crippen LogP contribution in [-0.2, 0) is 12.6 Å². The molecule has 5 nitrogen and oxygen atoms in total. The van der Waals surface area contributed by atoms with Crippen LogP contribution in [0, 0.1) is 0 Å². The SMILES string of the molecule is O=C(NCCc1ccccc1)c1cc(Nc2cccc(C(F)(F)F)c2)ncn1. The number of nitrogens with one attached hydrogen (secondary N) is 2. The van der Waals surface area contributed by atoms with Gasteiger partial charge in [-0.2, -0.15) is 13.2 Å². The van der Waals surface area contributed by atoms with E-state index in [0.29, 0.717) is 13.0 Å². The van der Waals surface area contributed by atoms with E-state index in [1.165, 1.54) is 24.5 Å². The van der Waals surface area contributed by atoms with Crippen LogP contribution in [0.15, 0.2) is 67.0 Å². The Hall–Kier alpha value is -3.42. The molecule has 0 spiro atoms. The number of halogens is 3. The number of aromatic nitrogens is 2. The molecule has 0 saturated carbocycles. The molecule has 3 aromatic rings. The van der Waals surface area contributed by atoms with E-state index >= 15 is 0 Å². The number of rotatable bonds is 6. The first-order chi connectivity index (χ1) is 13.4. The topological polar surface area (TPSA) is 66.9 Å². The molecular formula is C20H17F3N4O. The molecule has 1 heterocycles. The van der Waals surface area contributed by atoms with E-state index < -0.39 is 11.7 Å². The summed E-state index contributed by atoms with van der Waals surface area (Å²) in [6.07, 6.45) is -2.58. The van der Waals surface area contributed by atoms with Gasteiger partial charge in [0.2, 0.25) is 0 Å². The second-order valence-corrected chi connectivity index (χ2v) is 5.98. The maximum absolute atomic E-state index is 12.8. The average molecular weight is 386 g/mol. The van der Waals surface area contributed by atoms with Crippen molar-refractivity contribution in [1.82, 2.24) is 15.3 Å². The number of hydrogen-bond acceptors (Lipinski definition) is 4. The number of carbonyl (C=O) groups excluding carboxylic acids is 1. The lowest BCUT2D eigenvalue weighted by molar-refractivity contribution is -0.137. The van der Waals surface area contributed by atoms with Gasteiger partial charge in [-0.3, -0.25) is 4.79 Å². The van der Waals surface area contributed by atoms with Crippen LogP contribution in [-0.4, -0.2) is 22.4 Å². The van der Waals surface area contributed by atoms with Crippen LogP contribution in [0.5, 0.6) is 0 Å². The number of hydrogen-bond donors (Lipinski definition) is 2. The predicted molar refractivity (Wildman–Crippen MR) is 99.2 cm³/mol. The van der Waals surface area contributed by atoms with Gasteiger partial charge in [-0.1, -0.05) is 36.4 Å². The van der Waals surface area contributed by atoms with E-state index in [-0.39, 0.29) is 23.1 Å². The van der Waals surface area contributed by atoms with E-state index in [1.807, 2.05) is 30.3 Å². The van der Waals surface area contributed by atoms with E-state index in [4.69, 9.17) is 0 Å². The van der Waals surface area contributed by atoms with Crippen molar-refractivity contribution in [2.75, 3.05) is 11.9 Å². The summed E-state index contributed by atoms with van der Waals surface area (Å²) in [4.78, 5) is 20.1. The molecule has 1 aromatic heterocycles. The van der Waals surface area contributed by atoms with Crippen LogP contribution >= 0.6 is 0 Å². The Bertz CT molecular complexity index is 945. The minimum atomic E-state index is -4.44. The van der Waals surface area contributed by atoms with Crippen molar-refractivity contribution in [3.05, 3.63) is 83.8 Å². The molecule has 2 N–H and O–H groups in total. The molecular weight excluding hydrogens is 369 g/mol. The summed E-state index contributed by atoms with van der Waals surface area (Å²) in [5.74, 6) is -0.159. The highest BCUT2D eigenvalue weighted by Crippen LogP contribution is 2.31. The molecule has 1 amide bonds. The first kappa shape index (κ1) is 19.3. The van der Waals surface area contributed by atoms with Crippen molar-refractivity contribution in [3.63, 3.8) is 0 Å². The smallest absolute Gasteiger partial charge is 0.350 e. The number of benzene rings is 2. The van der Waals surface area contributed by atoms with Gasteiger partial charge in [-0.05, 0) is 30.2 Å². The van der Waals surface area contributed by atoms with Crippen LogP contribution < -0.4 is 10.6 Å². The molecule has 0 bridgehead atoms. The molecule has 0 aliphatic heterocycles. The number of amides is 1. The highest BCUT2D eigenvalue weighted by atomic mass is 19.4. The number of nitrogens with zero attached hydrogens (tertiary/aromatic N) is 2. The summed E-state index contributed by atoms with van der Waals surface area (Å²) >= 11 is 0. The van der Waals surface area contributed by atoms with Gasteiger partial charge in [-0.25, -0.2) is 9.97 Å². The van der Waals surface area contributed by atoms with Gasteiger partial charge in [0, 0.05) is 18.3 Å². The zero-order valence-corrected chi connectivity index (χ0v) is 14.7. The molecule has 3 rings (SSSR count). The van der Waals surface area contributed by atoms with Gasteiger partial charge in [0.1, 0.15) is 17.8 Å². The van der Waals surface area contributed by atoms with Gasteiger partial charge in [0.25, 0.3) is 5.91 Å². The van der Waals surface area contributed by atoms with Gasteiger partial charge < -0.3 is 10.6 Å². The first-order valence-corrected chi connectivity index (χ1v) is 8.50. The lowest BCUT2D eigenvalue weighted by atomic mass is 10.1. The molecule has 0 fully saturated rings. The van der Waals surface area contributed by atoms with Crippen molar-refractivity contribution >= 4 is 17.4 Å². The lowest BCUT2D eigenvalue weighted by Gasteiger charge is -2.10. The molecule has 0 aliphatic carbocycles. The fourth-order valence-corrected chi connectivity index (χ4v) is 2.53. The van der Waals surface area contributed by atoms with Crippen LogP contribution in [0.4, 0.5) is 24.7 Å². The quantitative estimate of drug-likeness (QED) is 0.666. The second kappa shape index (κ2) is 8.51.